The highest BCUT2D eigenvalue weighted by atomic mass is 32.2. The van der Waals surface area contributed by atoms with Crippen molar-refractivity contribution in [3.8, 4) is 0 Å². The van der Waals surface area contributed by atoms with Crippen LogP contribution in [0.4, 0.5) is 5.82 Å². The number of piperidine rings is 1. The highest BCUT2D eigenvalue weighted by molar-refractivity contribution is 7.89. The molecule has 0 radical (unpaired) electrons. The number of hydrogen-bond donors (Lipinski definition) is 2. The SMILES string of the molecule is O=C(Nc1cc(CC2CCCCC2)[nH]n1)c1cccc(S(=O)(=O)N2CCCCC2)c1. The van der Waals surface area contributed by atoms with Gasteiger partial charge < -0.3 is 5.32 Å². The number of amides is 1. The van der Waals surface area contributed by atoms with E-state index in [2.05, 4.69) is 15.5 Å². The Morgan fingerprint density at radius 2 is 1.80 bits per heavy atom. The number of benzene rings is 1. The monoisotopic (exact) mass is 430 g/mol. The summed E-state index contributed by atoms with van der Waals surface area (Å²) in [5.41, 5.74) is 1.34. The first-order valence-corrected chi connectivity index (χ1v) is 12.4. The number of carbonyl (C=O) groups excluding carboxylic acids is 1. The number of nitrogens with one attached hydrogen (secondary N) is 2. The largest absolute Gasteiger partial charge is 0.305 e. The van der Waals surface area contributed by atoms with Crippen LogP contribution in [-0.2, 0) is 16.4 Å². The summed E-state index contributed by atoms with van der Waals surface area (Å²) >= 11 is 0. The minimum absolute atomic E-state index is 0.164. The lowest BCUT2D eigenvalue weighted by Crippen LogP contribution is -2.35. The van der Waals surface area contributed by atoms with Crippen molar-refractivity contribution >= 4 is 21.7 Å². The van der Waals surface area contributed by atoms with E-state index in [1.807, 2.05) is 6.07 Å². The van der Waals surface area contributed by atoms with Crippen molar-refractivity contribution in [2.75, 3.05) is 18.4 Å². The molecule has 0 atom stereocenters. The average molecular weight is 431 g/mol. The van der Waals surface area contributed by atoms with Crippen LogP contribution in [-0.4, -0.2) is 41.9 Å². The van der Waals surface area contributed by atoms with E-state index in [9.17, 15) is 13.2 Å². The molecule has 1 saturated heterocycles. The summed E-state index contributed by atoms with van der Waals surface area (Å²) in [6.45, 7) is 1.07. The van der Waals surface area contributed by atoms with Gasteiger partial charge >= 0.3 is 0 Å². The van der Waals surface area contributed by atoms with E-state index < -0.39 is 10.0 Å². The molecule has 2 aromatic rings. The van der Waals surface area contributed by atoms with E-state index in [4.69, 9.17) is 0 Å². The second-order valence-corrected chi connectivity index (χ2v) is 10.4. The molecular formula is C22H30N4O3S. The summed E-state index contributed by atoms with van der Waals surface area (Å²) in [5, 5.41) is 10.0. The molecule has 0 unspecified atom stereocenters. The molecule has 1 aromatic heterocycles. The molecule has 162 valence electrons. The Balaban J connectivity index is 1.42. The number of nitrogens with zero attached hydrogens (tertiary/aromatic N) is 2. The lowest BCUT2D eigenvalue weighted by atomic mass is 9.86. The predicted molar refractivity (Wildman–Crippen MR) is 116 cm³/mol. The van der Waals surface area contributed by atoms with Gasteiger partial charge in [0.25, 0.3) is 5.91 Å². The molecule has 30 heavy (non-hydrogen) atoms. The maximum absolute atomic E-state index is 12.9. The lowest BCUT2D eigenvalue weighted by molar-refractivity contribution is 0.102. The van der Waals surface area contributed by atoms with Crippen LogP contribution < -0.4 is 5.32 Å². The van der Waals surface area contributed by atoms with E-state index in [0.29, 0.717) is 30.4 Å². The van der Waals surface area contributed by atoms with Crippen LogP contribution in [0.5, 0.6) is 0 Å². The molecular weight excluding hydrogens is 400 g/mol. The van der Waals surface area contributed by atoms with Gasteiger partial charge in [-0.1, -0.05) is 44.6 Å². The van der Waals surface area contributed by atoms with Crippen molar-refractivity contribution in [2.24, 2.45) is 5.92 Å². The third-order valence-corrected chi connectivity index (χ3v) is 8.05. The molecule has 2 aliphatic rings. The average Bonchev–Trinajstić information content (AvgIpc) is 3.21. The van der Waals surface area contributed by atoms with Gasteiger partial charge in [0.05, 0.1) is 4.90 Å². The van der Waals surface area contributed by atoms with Crippen LogP contribution in [0.1, 0.15) is 67.4 Å². The van der Waals surface area contributed by atoms with Gasteiger partial charge in [0.15, 0.2) is 5.82 Å². The first kappa shape index (κ1) is 21.1. The van der Waals surface area contributed by atoms with Crippen LogP contribution in [0.2, 0.25) is 0 Å². The molecule has 1 saturated carbocycles. The first-order chi connectivity index (χ1) is 14.5. The number of rotatable bonds is 6. The number of carbonyl (C=O) groups is 1. The van der Waals surface area contributed by atoms with Gasteiger partial charge in [-0.25, -0.2) is 8.42 Å². The summed E-state index contributed by atoms with van der Waals surface area (Å²) in [5.74, 6) is 0.788. The van der Waals surface area contributed by atoms with Gasteiger partial charge in [0.1, 0.15) is 0 Å². The van der Waals surface area contributed by atoms with Crippen LogP contribution >= 0.6 is 0 Å². The lowest BCUT2D eigenvalue weighted by Gasteiger charge is -2.26. The third-order valence-electron chi connectivity index (χ3n) is 6.15. The Morgan fingerprint density at radius 1 is 1.07 bits per heavy atom. The van der Waals surface area contributed by atoms with E-state index in [-0.39, 0.29) is 10.8 Å². The summed E-state index contributed by atoms with van der Waals surface area (Å²) < 4.78 is 27.3. The van der Waals surface area contributed by atoms with Gasteiger partial charge in [-0.05, 0) is 43.4 Å². The van der Waals surface area contributed by atoms with Crippen molar-refractivity contribution in [1.82, 2.24) is 14.5 Å². The molecule has 2 N–H and O–H groups in total. The molecule has 2 heterocycles. The molecule has 0 spiro atoms. The maximum Gasteiger partial charge on any atom is 0.256 e. The fourth-order valence-electron chi connectivity index (χ4n) is 4.47. The number of aromatic amines is 1. The zero-order valence-electron chi connectivity index (χ0n) is 17.3. The van der Waals surface area contributed by atoms with Crippen molar-refractivity contribution in [3.63, 3.8) is 0 Å². The Kier molecular flexibility index (Phi) is 6.53. The van der Waals surface area contributed by atoms with Gasteiger partial charge in [0, 0.05) is 30.4 Å². The Bertz CT molecular complexity index is 974. The topological polar surface area (TPSA) is 95.2 Å². The minimum atomic E-state index is -3.57. The first-order valence-electron chi connectivity index (χ1n) is 11.0. The van der Waals surface area contributed by atoms with E-state index in [1.54, 1.807) is 18.2 Å². The maximum atomic E-state index is 12.9. The van der Waals surface area contributed by atoms with Crippen molar-refractivity contribution in [3.05, 3.63) is 41.6 Å². The number of aromatic nitrogens is 2. The van der Waals surface area contributed by atoms with Gasteiger partial charge in [-0.2, -0.15) is 9.40 Å². The zero-order chi connectivity index (χ0) is 21.0. The minimum Gasteiger partial charge on any atom is -0.305 e. The van der Waals surface area contributed by atoms with Crippen LogP contribution in [0.15, 0.2) is 35.2 Å². The predicted octanol–water partition coefficient (Wildman–Crippen LogP) is 3.96. The van der Waals surface area contributed by atoms with Gasteiger partial charge in [-0.15, -0.1) is 0 Å². The number of hydrogen-bond acceptors (Lipinski definition) is 4. The number of sulfonamides is 1. The standard InChI is InChI=1S/C22H30N4O3S/c27-22(23-21-16-19(24-25-21)14-17-8-3-1-4-9-17)18-10-7-11-20(15-18)30(28,29)26-12-5-2-6-13-26/h7,10-11,15-17H,1-6,8-9,12-14H2,(H2,23,24,25,27). The van der Waals surface area contributed by atoms with Crippen LogP contribution in [0, 0.1) is 5.92 Å². The van der Waals surface area contributed by atoms with E-state index in [1.165, 1.54) is 42.5 Å². The summed E-state index contributed by atoms with van der Waals surface area (Å²) in [6.07, 6.45) is 10.2. The van der Waals surface area contributed by atoms with Crippen molar-refractivity contribution in [1.29, 1.82) is 0 Å². The second kappa shape index (κ2) is 9.31. The fourth-order valence-corrected chi connectivity index (χ4v) is 6.04. The molecule has 2 fully saturated rings. The zero-order valence-corrected chi connectivity index (χ0v) is 18.1. The number of H-pyrrole nitrogens is 1. The van der Waals surface area contributed by atoms with Gasteiger partial charge in [0.2, 0.25) is 10.0 Å². The molecule has 1 aliphatic heterocycles. The molecule has 0 bridgehead atoms. The third kappa shape index (κ3) is 4.92. The Hall–Kier alpha value is -2.19. The van der Waals surface area contributed by atoms with Crippen molar-refractivity contribution in [2.45, 2.75) is 62.7 Å². The normalized spacial score (nSPS) is 18.9. The number of anilines is 1. The molecule has 8 heteroatoms. The Morgan fingerprint density at radius 3 is 2.57 bits per heavy atom. The fraction of sp³-hybridized carbons (Fsp3) is 0.545. The Labute approximate surface area is 178 Å². The quantitative estimate of drug-likeness (QED) is 0.725. The van der Waals surface area contributed by atoms with Crippen LogP contribution in [0.3, 0.4) is 0 Å². The van der Waals surface area contributed by atoms with Crippen LogP contribution in [0.25, 0.3) is 0 Å². The van der Waals surface area contributed by atoms with E-state index >= 15 is 0 Å². The highest BCUT2D eigenvalue weighted by Gasteiger charge is 2.26. The van der Waals surface area contributed by atoms with Crippen molar-refractivity contribution < 1.29 is 13.2 Å². The summed E-state index contributed by atoms with van der Waals surface area (Å²) in [4.78, 5) is 12.9. The molecule has 1 aliphatic carbocycles. The highest BCUT2D eigenvalue weighted by Crippen LogP contribution is 2.27. The molecule has 1 aromatic carbocycles. The molecule has 4 rings (SSSR count). The van der Waals surface area contributed by atoms with Gasteiger partial charge in [-0.3, -0.25) is 9.89 Å². The summed E-state index contributed by atoms with van der Waals surface area (Å²) in [7, 11) is -3.57. The summed E-state index contributed by atoms with van der Waals surface area (Å²) in [6, 6.07) is 8.12. The van der Waals surface area contributed by atoms with E-state index in [0.717, 1.165) is 31.4 Å². The molecule has 7 nitrogen and oxygen atoms in total. The molecule has 1 amide bonds. The smallest absolute Gasteiger partial charge is 0.256 e. The second-order valence-electron chi connectivity index (χ2n) is 8.43.